The van der Waals surface area contributed by atoms with E-state index in [4.69, 9.17) is 11.5 Å². The van der Waals surface area contributed by atoms with Gasteiger partial charge in [-0.2, -0.15) is 0 Å². The van der Waals surface area contributed by atoms with Gasteiger partial charge in [0.05, 0.1) is 25.0 Å². The Morgan fingerprint density at radius 2 is 1.44 bits per heavy atom. The number of aliphatic hydroxyl groups excluding tert-OH is 2. The second-order valence-corrected chi connectivity index (χ2v) is 15.0. The first-order valence-corrected chi connectivity index (χ1v) is 19.2. The lowest BCUT2D eigenvalue weighted by Crippen LogP contribution is -2.61. The number of aromatic amines is 1. The minimum atomic E-state index is -1.69. The van der Waals surface area contributed by atoms with Gasteiger partial charge in [0.2, 0.25) is 41.4 Å². The molecule has 2 heterocycles. The molecular formula is C38H56N10O11. The number of H-pyrrole nitrogens is 1. The van der Waals surface area contributed by atoms with Crippen molar-refractivity contribution in [2.24, 2.45) is 17.4 Å². The monoisotopic (exact) mass is 828 g/mol. The van der Waals surface area contributed by atoms with Crippen LogP contribution in [0.2, 0.25) is 0 Å². The molecule has 21 heteroatoms. The zero-order chi connectivity index (χ0) is 44.0. The van der Waals surface area contributed by atoms with E-state index in [1.54, 1.807) is 30.3 Å². The molecule has 13 N–H and O–H groups in total. The highest BCUT2D eigenvalue weighted by atomic mass is 16.4. The second kappa shape index (κ2) is 22.3. The highest BCUT2D eigenvalue weighted by Crippen LogP contribution is 2.21. The van der Waals surface area contributed by atoms with Crippen LogP contribution in [0.3, 0.4) is 0 Å². The van der Waals surface area contributed by atoms with E-state index in [-0.39, 0.29) is 38.1 Å². The minimum absolute atomic E-state index is 0.0796. The predicted molar refractivity (Wildman–Crippen MR) is 209 cm³/mol. The van der Waals surface area contributed by atoms with Crippen LogP contribution < -0.4 is 38.1 Å². The molecule has 0 bridgehead atoms. The third-order valence-corrected chi connectivity index (χ3v) is 9.59. The fraction of sp³-hybridized carbons (Fsp3) is 0.553. The molecule has 21 nitrogen and oxygen atoms in total. The number of carbonyl (C=O) groups is 8. The minimum Gasteiger partial charge on any atom is -0.480 e. The lowest BCUT2D eigenvalue weighted by Gasteiger charge is -2.31. The Morgan fingerprint density at radius 1 is 0.814 bits per heavy atom. The molecule has 1 aromatic heterocycles. The second-order valence-electron chi connectivity index (χ2n) is 15.0. The van der Waals surface area contributed by atoms with Gasteiger partial charge in [0.1, 0.15) is 42.3 Å². The largest absolute Gasteiger partial charge is 0.480 e. The Morgan fingerprint density at radius 3 is 2.00 bits per heavy atom. The molecule has 0 spiro atoms. The van der Waals surface area contributed by atoms with Crippen LogP contribution in [-0.2, 0) is 51.2 Å². The summed E-state index contributed by atoms with van der Waals surface area (Å²) >= 11 is 0. The highest BCUT2D eigenvalue weighted by Gasteiger charge is 2.40. The Hall–Kier alpha value is -5.93. The number of hydrogen-bond donors (Lipinski definition) is 11. The maximum atomic E-state index is 13.8. The van der Waals surface area contributed by atoms with E-state index in [9.17, 15) is 53.7 Å². The topological polar surface area (TPSA) is 341 Å². The van der Waals surface area contributed by atoms with Gasteiger partial charge in [-0.25, -0.2) is 9.78 Å². The maximum Gasteiger partial charge on any atom is 0.326 e. The number of nitrogens with one attached hydrogen (secondary N) is 6. The fourth-order valence-electron chi connectivity index (χ4n) is 6.43. The SMILES string of the molecule is CC(C)C[C@H](NC(=O)[C@@H](N)[C@@H](C)O)C(=O)N1CCC[C@H]1C(=O)N[C@@H](CC(N)=O)C(=O)N[C@@H](Cc1cnc[nH]1)C(=O)N[C@H](C(=O)N[C@@H](Cc1ccccc1)C(=O)O)[C@@H](C)O. The van der Waals surface area contributed by atoms with Crippen LogP contribution in [0, 0.1) is 5.92 Å². The number of aliphatic carboxylic acids is 1. The number of imidazole rings is 1. The van der Waals surface area contributed by atoms with E-state index < -0.39 is 108 Å². The number of primary amides is 1. The first-order chi connectivity index (χ1) is 27.8. The predicted octanol–water partition coefficient (Wildman–Crippen LogP) is -3.30. The van der Waals surface area contributed by atoms with Gasteiger partial charge < -0.3 is 63.3 Å². The van der Waals surface area contributed by atoms with Crippen LogP contribution in [0.4, 0.5) is 0 Å². The summed E-state index contributed by atoms with van der Waals surface area (Å²) in [4.78, 5) is 113. The lowest BCUT2D eigenvalue weighted by atomic mass is 10.0. The summed E-state index contributed by atoms with van der Waals surface area (Å²) < 4.78 is 0. The summed E-state index contributed by atoms with van der Waals surface area (Å²) in [5.41, 5.74) is 12.2. The van der Waals surface area contributed by atoms with Gasteiger partial charge in [0.25, 0.3) is 0 Å². The molecule has 59 heavy (non-hydrogen) atoms. The summed E-state index contributed by atoms with van der Waals surface area (Å²) in [5.74, 6) is -7.71. The van der Waals surface area contributed by atoms with E-state index in [1.165, 1.54) is 31.3 Å². The standard InChI is InChI=1S/C38H56N10O11/c1-19(2)13-26(45-35(55)30(40)20(3)49)37(57)48-12-8-11-28(48)34(54)44-25(16-29(39)51)32(52)43-24(15-23-17-41-18-42-23)33(53)47-31(21(4)50)36(56)46-27(38(58)59)14-22-9-6-5-7-10-22/h5-7,9-10,17-21,24-28,30-31,49-50H,8,11-16,40H2,1-4H3,(H2,39,51)(H,41,42)(H,43,52)(H,44,54)(H,45,55)(H,46,56)(H,47,53)(H,58,59)/t20-,21-,24+,25+,26+,27+,28+,30+,31+/m1/s1. The number of benzene rings is 1. The Balaban J connectivity index is 1.81. The molecule has 0 radical (unpaired) electrons. The molecule has 1 aliphatic heterocycles. The molecular weight excluding hydrogens is 772 g/mol. The van der Waals surface area contributed by atoms with E-state index in [0.29, 0.717) is 17.7 Å². The van der Waals surface area contributed by atoms with Crippen molar-refractivity contribution in [2.45, 2.75) is 121 Å². The quantitative estimate of drug-likeness (QED) is 0.0555. The number of amides is 7. The summed E-state index contributed by atoms with van der Waals surface area (Å²) in [7, 11) is 0. The maximum absolute atomic E-state index is 13.8. The van der Waals surface area contributed by atoms with Crippen LogP contribution in [0.5, 0.6) is 0 Å². The number of rotatable bonds is 22. The fourth-order valence-corrected chi connectivity index (χ4v) is 6.43. The molecule has 3 rings (SSSR count). The van der Waals surface area contributed by atoms with E-state index in [0.717, 1.165) is 0 Å². The molecule has 1 aliphatic rings. The van der Waals surface area contributed by atoms with Crippen molar-refractivity contribution in [3.63, 3.8) is 0 Å². The zero-order valence-electron chi connectivity index (χ0n) is 33.4. The number of likely N-dealkylation sites (tertiary alicyclic amines) is 1. The average Bonchev–Trinajstić information content (AvgIpc) is 3.88. The van der Waals surface area contributed by atoms with Gasteiger partial charge in [-0.1, -0.05) is 44.2 Å². The number of nitrogens with two attached hydrogens (primary N) is 2. The number of nitrogens with zero attached hydrogens (tertiary/aromatic N) is 2. The van der Waals surface area contributed by atoms with Gasteiger partial charge in [-0.3, -0.25) is 33.6 Å². The Bertz CT molecular complexity index is 1770. The molecule has 324 valence electrons. The number of hydrogen-bond acceptors (Lipinski definition) is 12. The zero-order valence-corrected chi connectivity index (χ0v) is 33.4. The average molecular weight is 829 g/mol. The smallest absolute Gasteiger partial charge is 0.326 e. The van der Waals surface area contributed by atoms with Crippen molar-refractivity contribution in [3.8, 4) is 0 Å². The van der Waals surface area contributed by atoms with Crippen molar-refractivity contribution >= 4 is 47.3 Å². The first kappa shape index (κ1) is 47.4. The normalized spacial score (nSPS) is 17.9. The van der Waals surface area contributed by atoms with Gasteiger partial charge in [0.15, 0.2) is 0 Å². The number of carboxylic acids is 1. The summed E-state index contributed by atoms with van der Waals surface area (Å²) in [5, 5.41) is 42.3. The summed E-state index contributed by atoms with van der Waals surface area (Å²) in [6.45, 7) is 6.29. The van der Waals surface area contributed by atoms with Gasteiger partial charge in [-0.05, 0) is 44.6 Å². The highest BCUT2D eigenvalue weighted by molar-refractivity contribution is 5.98. The first-order valence-electron chi connectivity index (χ1n) is 19.2. The van der Waals surface area contributed by atoms with Crippen molar-refractivity contribution in [1.29, 1.82) is 0 Å². The third kappa shape index (κ3) is 14.4. The lowest BCUT2D eigenvalue weighted by molar-refractivity contribution is -0.143. The van der Waals surface area contributed by atoms with Crippen molar-refractivity contribution < 1.29 is 53.7 Å². The Kier molecular flexibility index (Phi) is 17.9. The van der Waals surface area contributed by atoms with Gasteiger partial charge >= 0.3 is 5.97 Å². The molecule has 1 fully saturated rings. The Labute approximate surface area is 340 Å². The summed E-state index contributed by atoms with van der Waals surface area (Å²) in [6, 6.07) is -1.40. The summed E-state index contributed by atoms with van der Waals surface area (Å²) in [6.07, 6.45) is -0.443. The van der Waals surface area contributed by atoms with Crippen LogP contribution in [0.25, 0.3) is 0 Å². The van der Waals surface area contributed by atoms with Gasteiger partial charge in [-0.15, -0.1) is 0 Å². The molecule has 0 saturated carbocycles. The molecule has 2 aromatic rings. The van der Waals surface area contributed by atoms with E-state index in [1.807, 2.05) is 13.8 Å². The van der Waals surface area contributed by atoms with Crippen molar-refractivity contribution in [3.05, 3.63) is 54.1 Å². The van der Waals surface area contributed by atoms with E-state index in [2.05, 4.69) is 36.6 Å². The van der Waals surface area contributed by atoms with Crippen molar-refractivity contribution in [1.82, 2.24) is 41.5 Å². The number of carboxylic acid groups (broad SMARTS) is 1. The number of aromatic nitrogens is 2. The van der Waals surface area contributed by atoms with Gasteiger partial charge in [0, 0.05) is 31.3 Å². The number of aliphatic hydroxyl groups is 2. The van der Waals surface area contributed by atoms with Crippen LogP contribution in [0.15, 0.2) is 42.9 Å². The molecule has 0 unspecified atom stereocenters. The van der Waals surface area contributed by atoms with Crippen LogP contribution >= 0.6 is 0 Å². The van der Waals surface area contributed by atoms with Crippen LogP contribution in [-0.4, -0.2) is 139 Å². The van der Waals surface area contributed by atoms with E-state index >= 15 is 0 Å². The molecule has 0 aliphatic carbocycles. The van der Waals surface area contributed by atoms with Crippen molar-refractivity contribution in [2.75, 3.05) is 6.54 Å². The third-order valence-electron chi connectivity index (χ3n) is 9.59. The molecule has 1 aromatic carbocycles. The molecule has 9 atom stereocenters. The van der Waals surface area contributed by atoms with Crippen LogP contribution in [0.1, 0.15) is 64.6 Å². The molecule has 7 amide bonds. The molecule has 1 saturated heterocycles. The number of carbonyl (C=O) groups excluding carboxylic acids is 7.